The van der Waals surface area contributed by atoms with Crippen molar-refractivity contribution in [1.29, 1.82) is 0 Å². The lowest BCUT2D eigenvalue weighted by atomic mass is 9.79. The van der Waals surface area contributed by atoms with E-state index >= 15 is 0 Å². The Labute approximate surface area is 128 Å². The summed E-state index contributed by atoms with van der Waals surface area (Å²) in [6.07, 6.45) is 13.5. The summed E-state index contributed by atoms with van der Waals surface area (Å²) in [7, 11) is 0. The minimum Gasteiger partial charge on any atom is -0.392 e. The monoisotopic (exact) mass is 296 g/mol. The van der Waals surface area contributed by atoms with Crippen molar-refractivity contribution >= 4 is 23.1 Å². The molecule has 2 fully saturated rings. The number of nitrogens with one attached hydrogen (secondary N) is 1. The summed E-state index contributed by atoms with van der Waals surface area (Å²) in [5.41, 5.74) is 5.41. The number of hydrogen-bond donors (Lipinski definition) is 2. The van der Waals surface area contributed by atoms with Crippen LogP contribution in [0.5, 0.6) is 0 Å². The first-order chi connectivity index (χ1) is 9.65. The number of thiocarbonyl (C=S) groups is 1. The largest absolute Gasteiger partial charge is 0.392 e. The van der Waals surface area contributed by atoms with Crippen molar-refractivity contribution in [1.82, 2.24) is 5.32 Å². The van der Waals surface area contributed by atoms with E-state index < -0.39 is 5.41 Å². The van der Waals surface area contributed by atoms with Crippen molar-refractivity contribution in [2.24, 2.45) is 11.1 Å². The molecule has 2 saturated carbocycles. The van der Waals surface area contributed by atoms with E-state index in [0.717, 1.165) is 38.5 Å². The molecule has 0 radical (unpaired) electrons. The molecule has 0 aromatic rings. The molecular formula is C16H28N2OS. The van der Waals surface area contributed by atoms with Gasteiger partial charge in [0.1, 0.15) is 0 Å². The molecule has 0 saturated heterocycles. The van der Waals surface area contributed by atoms with Gasteiger partial charge in [-0.15, -0.1) is 0 Å². The van der Waals surface area contributed by atoms with E-state index in [2.05, 4.69) is 5.32 Å². The predicted molar refractivity (Wildman–Crippen MR) is 86.6 cm³/mol. The maximum Gasteiger partial charge on any atom is 0.233 e. The van der Waals surface area contributed by atoms with Gasteiger partial charge in [0.2, 0.25) is 5.91 Å². The Morgan fingerprint density at radius 2 is 1.45 bits per heavy atom. The minimum atomic E-state index is -0.571. The lowest BCUT2D eigenvalue weighted by Crippen LogP contribution is -2.51. The van der Waals surface area contributed by atoms with Crippen LogP contribution in [0.2, 0.25) is 0 Å². The van der Waals surface area contributed by atoms with Crippen molar-refractivity contribution in [3.05, 3.63) is 0 Å². The number of carbonyl (C=O) groups is 1. The number of hydrogen-bond acceptors (Lipinski definition) is 2. The predicted octanol–water partition coefficient (Wildman–Crippen LogP) is 3.45. The fourth-order valence-corrected chi connectivity index (χ4v) is 3.96. The highest BCUT2D eigenvalue weighted by atomic mass is 32.1. The van der Waals surface area contributed by atoms with Gasteiger partial charge in [-0.25, -0.2) is 0 Å². The maximum atomic E-state index is 12.8. The molecule has 0 unspecified atom stereocenters. The third-order valence-electron chi connectivity index (χ3n) is 5.05. The molecule has 0 bridgehead atoms. The van der Waals surface area contributed by atoms with E-state index in [1.165, 1.54) is 38.5 Å². The van der Waals surface area contributed by atoms with Gasteiger partial charge < -0.3 is 11.1 Å². The van der Waals surface area contributed by atoms with Crippen LogP contribution in [0, 0.1) is 5.41 Å². The minimum absolute atomic E-state index is 0.110. The summed E-state index contributed by atoms with van der Waals surface area (Å²) in [5, 5.41) is 3.27. The number of rotatable bonds is 3. The van der Waals surface area contributed by atoms with Gasteiger partial charge in [-0.2, -0.15) is 0 Å². The van der Waals surface area contributed by atoms with Gasteiger partial charge in [0.25, 0.3) is 0 Å². The standard InChI is InChI=1S/C16H28N2OS/c17-14(20)16(11-7-3-4-8-12-16)15(19)18-13-9-5-1-2-6-10-13/h13H,1-12H2,(H2,17,20)(H,18,19). The Balaban J connectivity index is 2.04. The Kier molecular flexibility index (Phi) is 5.82. The summed E-state index contributed by atoms with van der Waals surface area (Å²) in [6.45, 7) is 0. The van der Waals surface area contributed by atoms with Crippen LogP contribution in [0.1, 0.15) is 77.0 Å². The third kappa shape index (κ3) is 3.72. The van der Waals surface area contributed by atoms with Crippen LogP contribution >= 0.6 is 12.2 Å². The van der Waals surface area contributed by atoms with Crippen LogP contribution in [0.4, 0.5) is 0 Å². The van der Waals surface area contributed by atoms with Crippen molar-refractivity contribution in [3.8, 4) is 0 Å². The summed E-state index contributed by atoms with van der Waals surface area (Å²) in [5.74, 6) is 0.110. The number of nitrogens with two attached hydrogens (primary N) is 1. The fourth-order valence-electron chi connectivity index (χ4n) is 3.66. The molecular weight excluding hydrogens is 268 g/mol. The molecule has 2 rings (SSSR count). The van der Waals surface area contributed by atoms with Gasteiger partial charge in [0.15, 0.2) is 0 Å². The average Bonchev–Trinajstić information content (AvgIpc) is 2.81. The highest BCUT2D eigenvalue weighted by Gasteiger charge is 2.42. The van der Waals surface area contributed by atoms with Crippen molar-refractivity contribution in [2.75, 3.05) is 0 Å². The lowest BCUT2D eigenvalue weighted by Gasteiger charge is -2.32. The summed E-state index contributed by atoms with van der Waals surface area (Å²) < 4.78 is 0. The molecule has 0 heterocycles. The SMILES string of the molecule is NC(=S)C1(C(=O)NC2CCCCCC2)CCCCCC1. The van der Waals surface area contributed by atoms with Gasteiger partial charge in [0, 0.05) is 6.04 Å². The van der Waals surface area contributed by atoms with Crippen LogP contribution in [0.3, 0.4) is 0 Å². The fraction of sp³-hybridized carbons (Fsp3) is 0.875. The second kappa shape index (κ2) is 7.39. The van der Waals surface area contributed by atoms with E-state index in [0.29, 0.717) is 11.0 Å². The van der Waals surface area contributed by atoms with E-state index in [4.69, 9.17) is 18.0 Å². The average molecular weight is 296 g/mol. The molecule has 114 valence electrons. The summed E-state index contributed by atoms with van der Waals surface area (Å²) >= 11 is 5.28. The highest BCUT2D eigenvalue weighted by Crippen LogP contribution is 2.36. The van der Waals surface area contributed by atoms with Crippen LogP contribution < -0.4 is 11.1 Å². The maximum absolute atomic E-state index is 12.8. The van der Waals surface area contributed by atoms with Crippen molar-refractivity contribution in [3.63, 3.8) is 0 Å². The Bertz CT molecular complexity index is 340. The smallest absolute Gasteiger partial charge is 0.233 e. The Morgan fingerprint density at radius 1 is 0.950 bits per heavy atom. The molecule has 0 spiro atoms. The molecule has 0 aromatic heterocycles. The second-order valence-corrected chi connectivity index (χ2v) is 6.96. The molecule has 1 amide bonds. The Hall–Kier alpha value is -0.640. The molecule has 4 heteroatoms. The molecule has 20 heavy (non-hydrogen) atoms. The van der Waals surface area contributed by atoms with Crippen molar-refractivity contribution in [2.45, 2.75) is 83.1 Å². The summed E-state index contributed by atoms with van der Waals surface area (Å²) in [4.78, 5) is 13.2. The van der Waals surface area contributed by atoms with Crippen LogP contribution in [-0.4, -0.2) is 16.9 Å². The molecule has 2 aliphatic carbocycles. The van der Waals surface area contributed by atoms with E-state index in [-0.39, 0.29) is 5.91 Å². The van der Waals surface area contributed by atoms with Gasteiger partial charge in [-0.05, 0) is 25.7 Å². The van der Waals surface area contributed by atoms with E-state index in [1.54, 1.807) is 0 Å². The first-order valence-electron chi connectivity index (χ1n) is 8.26. The first kappa shape index (κ1) is 15.7. The van der Waals surface area contributed by atoms with Crippen molar-refractivity contribution < 1.29 is 4.79 Å². The number of amides is 1. The normalized spacial score (nSPS) is 24.4. The van der Waals surface area contributed by atoms with Crippen LogP contribution in [0.15, 0.2) is 0 Å². The van der Waals surface area contributed by atoms with E-state index in [1.807, 2.05) is 0 Å². The highest BCUT2D eigenvalue weighted by molar-refractivity contribution is 7.80. The lowest BCUT2D eigenvalue weighted by molar-refractivity contribution is -0.128. The molecule has 0 aromatic carbocycles. The molecule has 0 atom stereocenters. The van der Waals surface area contributed by atoms with Gasteiger partial charge >= 0.3 is 0 Å². The zero-order valence-electron chi connectivity index (χ0n) is 12.5. The molecule has 2 aliphatic rings. The van der Waals surface area contributed by atoms with Gasteiger partial charge in [-0.1, -0.05) is 63.6 Å². The topological polar surface area (TPSA) is 55.1 Å². The second-order valence-electron chi connectivity index (χ2n) is 6.52. The van der Waals surface area contributed by atoms with Crippen LogP contribution in [0.25, 0.3) is 0 Å². The molecule has 0 aliphatic heterocycles. The zero-order chi connectivity index (χ0) is 14.4. The first-order valence-corrected chi connectivity index (χ1v) is 8.67. The van der Waals surface area contributed by atoms with E-state index in [9.17, 15) is 4.79 Å². The van der Waals surface area contributed by atoms with Gasteiger partial charge in [0.05, 0.1) is 10.4 Å². The zero-order valence-corrected chi connectivity index (χ0v) is 13.3. The quantitative estimate of drug-likeness (QED) is 0.619. The van der Waals surface area contributed by atoms with Crippen LogP contribution in [-0.2, 0) is 4.79 Å². The number of carbonyl (C=O) groups excluding carboxylic acids is 1. The van der Waals surface area contributed by atoms with Gasteiger partial charge in [-0.3, -0.25) is 4.79 Å². The molecule has 3 N–H and O–H groups in total. The Morgan fingerprint density at radius 3 is 1.95 bits per heavy atom. The third-order valence-corrected chi connectivity index (χ3v) is 5.44. The molecule has 3 nitrogen and oxygen atoms in total. The summed E-state index contributed by atoms with van der Waals surface area (Å²) in [6, 6.07) is 0.333.